The van der Waals surface area contributed by atoms with Crippen LogP contribution in [-0.2, 0) is 9.59 Å². The molecule has 6 nitrogen and oxygen atoms in total. The zero-order valence-electron chi connectivity index (χ0n) is 16.3. The first-order valence-electron chi connectivity index (χ1n) is 9.80. The van der Waals surface area contributed by atoms with Crippen molar-refractivity contribution < 1.29 is 19.1 Å². The number of likely N-dealkylation sites (tertiary alicyclic amines) is 1. The molecular formula is C21H30N2O4. The van der Waals surface area contributed by atoms with Gasteiger partial charge in [0, 0.05) is 37.5 Å². The van der Waals surface area contributed by atoms with Crippen LogP contribution in [0, 0.1) is 5.92 Å². The van der Waals surface area contributed by atoms with E-state index in [1.54, 1.807) is 24.3 Å². The van der Waals surface area contributed by atoms with Gasteiger partial charge in [0.1, 0.15) is 5.75 Å². The maximum Gasteiger partial charge on any atom is 0.223 e. The van der Waals surface area contributed by atoms with Crippen LogP contribution >= 0.6 is 0 Å². The fourth-order valence-corrected chi connectivity index (χ4v) is 3.14. The lowest BCUT2D eigenvalue weighted by Gasteiger charge is -2.31. The lowest BCUT2D eigenvalue weighted by molar-refractivity contribution is -0.135. The Morgan fingerprint density at radius 2 is 1.81 bits per heavy atom. The fraction of sp³-hybridized carbons (Fsp3) is 0.571. The number of ether oxygens (including phenoxy) is 1. The van der Waals surface area contributed by atoms with Gasteiger partial charge in [0.05, 0.1) is 6.61 Å². The van der Waals surface area contributed by atoms with E-state index in [2.05, 4.69) is 5.32 Å². The Hall–Kier alpha value is -2.37. The average Bonchev–Trinajstić information content (AvgIpc) is 2.69. The number of amides is 2. The van der Waals surface area contributed by atoms with Crippen molar-refractivity contribution in [2.24, 2.45) is 5.92 Å². The molecule has 1 aliphatic heterocycles. The third-order valence-corrected chi connectivity index (χ3v) is 4.83. The largest absolute Gasteiger partial charge is 0.494 e. The summed E-state index contributed by atoms with van der Waals surface area (Å²) in [5, 5.41) is 2.94. The molecule has 1 N–H and O–H groups in total. The molecule has 0 unspecified atom stereocenters. The molecule has 1 aromatic rings. The standard InChI is InChI=1S/C21H30N2O4/c1-3-12-22-21(26)18-10-13-23(14-11-18)20(25)5-4-15-27-19-8-6-17(7-9-19)16(2)24/h6-9,18H,3-5,10-15H2,1-2H3,(H,22,26). The first-order chi connectivity index (χ1) is 13.0. The molecule has 0 aromatic heterocycles. The lowest BCUT2D eigenvalue weighted by atomic mass is 9.95. The van der Waals surface area contributed by atoms with E-state index in [-0.39, 0.29) is 23.5 Å². The van der Waals surface area contributed by atoms with Crippen LogP contribution in [0.1, 0.15) is 56.3 Å². The maximum absolute atomic E-state index is 12.3. The molecule has 0 saturated carbocycles. The van der Waals surface area contributed by atoms with Gasteiger partial charge in [-0.1, -0.05) is 6.92 Å². The molecule has 0 atom stereocenters. The molecule has 27 heavy (non-hydrogen) atoms. The Balaban J connectivity index is 1.63. The highest BCUT2D eigenvalue weighted by atomic mass is 16.5. The first kappa shape index (κ1) is 20.9. The molecule has 148 valence electrons. The molecular weight excluding hydrogens is 344 g/mol. The SMILES string of the molecule is CCCNC(=O)C1CCN(C(=O)CCCOc2ccc(C(C)=O)cc2)CC1. The molecule has 2 rings (SSSR count). The molecule has 0 spiro atoms. The Bertz CT molecular complexity index is 634. The summed E-state index contributed by atoms with van der Waals surface area (Å²) >= 11 is 0. The molecule has 0 aliphatic carbocycles. The Labute approximate surface area is 161 Å². The average molecular weight is 374 g/mol. The molecule has 1 fully saturated rings. The van der Waals surface area contributed by atoms with Gasteiger partial charge in [0.15, 0.2) is 5.78 Å². The first-order valence-corrected chi connectivity index (χ1v) is 9.80. The topological polar surface area (TPSA) is 75.7 Å². The van der Waals surface area contributed by atoms with Gasteiger partial charge in [0.2, 0.25) is 11.8 Å². The Morgan fingerprint density at radius 1 is 1.15 bits per heavy atom. The van der Waals surface area contributed by atoms with Crippen LogP contribution in [-0.4, -0.2) is 48.7 Å². The number of hydrogen-bond acceptors (Lipinski definition) is 4. The third-order valence-electron chi connectivity index (χ3n) is 4.83. The van der Waals surface area contributed by atoms with Crippen LogP contribution in [0.25, 0.3) is 0 Å². The summed E-state index contributed by atoms with van der Waals surface area (Å²) < 4.78 is 5.63. The summed E-state index contributed by atoms with van der Waals surface area (Å²) in [6.45, 7) is 6.04. The molecule has 6 heteroatoms. The normalized spacial score (nSPS) is 14.7. The number of nitrogens with zero attached hydrogens (tertiary/aromatic N) is 1. The minimum Gasteiger partial charge on any atom is -0.494 e. The highest BCUT2D eigenvalue weighted by molar-refractivity contribution is 5.94. The summed E-state index contributed by atoms with van der Waals surface area (Å²) in [7, 11) is 0. The van der Waals surface area contributed by atoms with E-state index in [9.17, 15) is 14.4 Å². The number of ketones is 1. The van der Waals surface area contributed by atoms with Crippen molar-refractivity contribution in [1.82, 2.24) is 10.2 Å². The van der Waals surface area contributed by atoms with Crippen LogP contribution in [0.15, 0.2) is 24.3 Å². The zero-order valence-corrected chi connectivity index (χ0v) is 16.3. The number of nitrogens with one attached hydrogen (secondary N) is 1. The van der Waals surface area contributed by atoms with Gasteiger partial charge in [-0.15, -0.1) is 0 Å². The van der Waals surface area contributed by atoms with E-state index in [4.69, 9.17) is 4.74 Å². The van der Waals surface area contributed by atoms with Crippen LogP contribution in [0.5, 0.6) is 5.75 Å². The molecule has 0 radical (unpaired) electrons. The lowest BCUT2D eigenvalue weighted by Crippen LogP contribution is -2.43. The van der Waals surface area contributed by atoms with Crippen molar-refractivity contribution in [2.45, 2.75) is 46.0 Å². The third kappa shape index (κ3) is 6.70. The monoisotopic (exact) mass is 374 g/mol. The van der Waals surface area contributed by atoms with E-state index >= 15 is 0 Å². The van der Waals surface area contributed by atoms with Gasteiger partial charge in [0.25, 0.3) is 0 Å². The van der Waals surface area contributed by atoms with E-state index in [0.717, 1.165) is 25.8 Å². The highest BCUT2D eigenvalue weighted by Crippen LogP contribution is 2.18. The second-order valence-electron chi connectivity index (χ2n) is 6.98. The Kier molecular flexibility index (Phi) is 8.30. The van der Waals surface area contributed by atoms with Gasteiger partial charge < -0.3 is 15.0 Å². The van der Waals surface area contributed by atoms with Crippen molar-refractivity contribution in [2.75, 3.05) is 26.2 Å². The van der Waals surface area contributed by atoms with Gasteiger partial charge in [-0.3, -0.25) is 14.4 Å². The number of carbonyl (C=O) groups excluding carboxylic acids is 3. The minimum absolute atomic E-state index is 0.0266. The quantitative estimate of drug-likeness (QED) is 0.533. The zero-order chi connectivity index (χ0) is 19.6. The van der Waals surface area contributed by atoms with E-state index < -0.39 is 0 Å². The summed E-state index contributed by atoms with van der Waals surface area (Å²) in [4.78, 5) is 37.4. The summed E-state index contributed by atoms with van der Waals surface area (Å²) in [6, 6.07) is 7.02. The van der Waals surface area contributed by atoms with Gasteiger partial charge in [-0.25, -0.2) is 0 Å². The van der Waals surface area contributed by atoms with Crippen LogP contribution in [0.4, 0.5) is 0 Å². The van der Waals surface area contributed by atoms with Crippen molar-refractivity contribution in [3.63, 3.8) is 0 Å². The molecule has 0 bridgehead atoms. The Morgan fingerprint density at radius 3 is 2.41 bits per heavy atom. The van der Waals surface area contributed by atoms with Gasteiger partial charge in [-0.2, -0.15) is 0 Å². The van der Waals surface area contributed by atoms with Crippen molar-refractivity contribution >= 4 is 17.6 Å². The van der Waals surface area contributed by atoms with E-state index in [1.165, 1.54) is 6.92 Å². The number of rotatable bonds is 9. The molecule has 2 amide bonds. The number of hydrogen-bond donors (Lipinski definition) is 1. The highest BCUT2D eigenvalue weighted by Gasteiger charge is 2.26. The minimum atomic E-state index is 0.0266. The second kappa shape index (κ2) is 10.7. The van der Waals surface area contributed by atoms with Gasteiger partial charge in [-0.05, 0) is 56.9 Å². The smallest absolute Gasteiger partial charge is 0.223 e. The maximum atomic E-state index is 12.3. The molecule has 1 aromatic carbocycles. The summed E-state index contributed by atoms with van der Waals surface area (Å²) in [5.74, 6) is 0.998. The molecule has 1 heterocycles. The number of Topliss-reactive ketones (excluding diaryl/α,β-unsaturated/α-hetero) is 1. The number of carbonyl (C=O) groups is 3. The van der Waals surface area contributed by atoms with Gasteiger partial charge >= 0.3 is 0 Å². The summed E-state index contributed by atoms with van der Waals surface area (Å²) in [6.07, 6.45) is 3.50. The van der Waals surface area contributed by atoms with Crippen molar-refractivity contribution in [3.8, 4) is 5.75 Å². The van der Waals surface area contributed by atoms with Crippen LogP contribution < -0.4 is 10.1 Å². The van der Waals surface area contributed by atoms with E-state index in [0.29, 0.717) is 43.9 Å². The summed E-state index contributed by atoms with van der Waals surface area (Å²) in [5.41, 5.74) is 0.657. The second-order valence-corrected chi connectivity index (χ2v) is 6.98. The number of piperidine rings is 1. The van der Waals surface area contributed by atoms with Crippen molar-refractivity contribution in [3.05, 3.63) is 29.8 Å². The predicted octanol–water partition coefficient (Wildman–Crippen LogP) is 2.81. The molecule has 1 saturated heterocycles. The predicted molar refractivity (Wildman–Crippen MR) is 104 cm³/mol. The van der Waals surface area contributed by atoms with Crippen LogP contribution in [0.3, 0.4) is 0 Å². The number of benzene rings is 1. The molecule has 1 aliphatic rings. The van der Waals surface area contributed by atoms with E-state index in [1.807, 2.05) is 11.8 Å². The fourth-order valence-electron chi connectivity index (χ4n) is 3.14. The van der Waals surface area contributed by atoms with Crippen LogP contribution in [0.2, 0.25) is 0 Å². The van der Waals surface area contributed by atoms with Crippen molar-refractivity contribution in [1.29, 1.82) is 0 Å².